The second kappa shape index (κ2) is 5.25. The molecule has 2 nitrogen and oxygen atoms in total. The molecule has 0 aliphatic carbocycles. The Kier molecular flexibility index (Phi) is 3.95. The van der Waals surface area contributed by atoms with Gasteiger partial charge in [-0.3, -0.25) is 4.90 Å². The maximum absolute atomic E-state index is 12.9. The van der Waals surface area contributed by atoms with Crippen LogP contribution in [-0.2, 0) is 6.54 Å². The van der Waals surface area contributed by atoms with Gasteiger partial charge in [0.15, 0.2) is 0 Å². The van der Waals surface area contributed by atoms with Gasteiger partial charge in [0.1, 0.15) is 5.82 Å². The fourth-order valence-electron chi connectivity index (χ4n) is 2.07. The van der Waals surface area contributed by atoms with Crippen molar-refractivity contribution in [3.63, 3.8) is 0 Å². The molecule has 0 spiro atoms. The van der Waals surface area contributed by atoms with E-state index in [0.717, 1.165) is 36.0 Å². The topological polar surface area (TPSA) is 23.5 Å². The molecule has 4 heteroatoms. The van der Waals surface area contributed by atoms with Crippen LogP contribution in [-0.4, -0.2) is 29.2 Å². The van der Waals surface area contributed by atoms with Gasteiger partial charge in [-0.05, 0) is 37.1 Å². The van der Waals surface area contributed by atoms with Crippen LogP contribution in [0.15, 0.2) is 22.7 Å². The SMILES string of the molecule is OC1CCCN(Cc2ccc(F)cc2Br)C1. The average Bonchev–Trinajstić information content (AvgIpc) is 2.22. The van der Waals surface area contributed by atoms with Crippen LogP contribution in [0.3, 0.4) is 0 Å². The molecule has 1 aromatic carbocycles. The monoisotopic (exact) mass is 287 g/mol. The highest BCUT2D eigenvalue weighted by Crippen LogP contribution is 2.21. The van der Waals surface area contributed by atoms with Gasteiger partial charge in [0.05, 0.1) is 6.10 Å². The third-order valence-corrected chi connectivity index (χ3v) is 3.63. The van der Waals surface area contributed by atoms with Gasteiger partial charge in [0.2, 0.25) is 0 Å². The van der Waals surface area contributed by atoms with Crippen molar-refractivity contribution in [3.8, 4) is 0 Å². The molecule has 0 saturated carbocycles. The zero-order valence-electron chi connectivity index (χ0n) is 9.00. The Balaban J connectivity index is 2.02. The number of rotatable bonds is 2. The molecule has 1 fully saturated rings. The van der Waals surface area contributed by atoms with Crippen LogP contribution >= 0.6 is 15.9 Å². The van der Waals surface area contributed by atoms with Crippen LogP contribution in [0.5, 0.6) is 0 Å². The second-order valence-corrected chi connectivity index (χ2v) is 5.12. The van der Waals surface area contributed by atoms with E-state index >= 15 is 0 Å². The molecule has 1 aliphatic rings. The summed E-state index contributed by atoms with van der Waals surface area (Å²) in [4.78, 5) is 2.20. The van der Waals surface area contributed by atoms with Crippen LogP contribution in [0.1, 0.15) is 18.4 Å². The highest BCUT2D eigenvalue weighted by atomic mass is 79.9. The highest BCUT2D eigenvalue weighted by molar-refractivity contribution is 9.10. The number of hydrogen-bond acceptors (Lipinski definition) is 2. The molecule has 1 unspecified atom stereocenters. The minimum Gasteiger partial charge on any atom is -0.392 e. The van der Waals surface area contributed by atoms with Crippen molar-refractivity contribution in [2.75, 3.05) is 13.1 Å². The number of aliphatic hydroxyl groups is 1. The minimum atomic E-state index is -0.227. The van der Waals surface area contributed by atoms with E-state index in [4.69, 9.17) is 0 Å². The van der Waals surface area contributed by atoms with E-state index in [9.17, 15) is 9.50 Å². The molecule has 2 rings (SSSR count). The van der Waals surface area contributed by atoms with Crippen molar-refractivity contribution in [2.24, 2.45) is 0 Å². The number of piperidine rings is 1. The van der Waals surface area contributed by atoms with Gasteiger partial charge in [-0.2, -0.15) is 0 Å². The Bertz CT molecular complexity index is 372. The van der Waals surface area contributed by atoms with E-state index in [1.54, 1.807) is 6.07 Å². The van der Waals surface area contributed by atoms with E-state index in [0.29, 0.717) is 6.54 Å². The van der Waals surface area contributed by atoms with Gasteiger partial charge in [0.25, 0.3) is 0 Å². The zero-order valence-corrected chi connectivity index (χ0v) is 10.6. The summed E-state index contributed by atoms with van der Waals surface area (Å²) < 4.78 is 13.7. The normalized spacial score (nSPS) is 22.3. The Morgan fingerprint density at radius 3 is 3.00 bits per heavy atom. The Labute approximate surface area is 103 Å². The van der Waals surface area contributed by atoms with Crippen molar-refractivity contribution in [3.05, 3.63) is 34.1 Å². The van der Waals surface area contributed by atoms with Crippen LogP contribution in [0.4, 0.5) is 4.39 Å². The van der Waals surface area contributed by atoms with Crippen LogP contribution in [0.2, 0.25) is 0 Å². The first-order valence-corrected chi connectivity index (χ1v) is 6.29. The molecular weight excluding hydrogens is 273 g/mol. The first-order chi connectivity index (χ1) is 7.65. The molecule has 16 heavy (non-hydrogen) atoms. The average molecular weight is 288 g/mol. The zero-order chi connectivity index (χ0) is 11.5. The minimum absolute atomic E-state index is 0.215. The molecule has 0 radical (unpaired) electrons. The Hall–Kier alpha value is -0.450. The summed E-state index contributed by atoms with van der Waals surface area (Å²) in [6.07, 6.45) is 1.70. The summed E-state index contributed by atoms with van der Waals surface area (Å²) in [6.45, 7) is 2.47. The first kappa shape index (κ1) is 12.0. The Morgan fingerprint density at radius 2 is 2.31 bits per heavy atom. The third-order valence-electron chi connectivity index (χ3n) is 2.89. The third kappa shape index (κ3) is 3.03. The largest absolute Gasteiger partial charge is 0.392 e. The summed E-state index contributed by atoms with van der Waals surface area (Å²) in [6, 6.07) is 4.75. The lowest BCUT2D eigenvalue weighted by Gasteiger charge is -2.30. The van der Waals surface area contributed by atoms with Gasteiger partial charge in [0, 0.05) is 17.6 Å². The number of aliphatic hydroxyl groups excluding tert-OH is 1. The van der Waals surface area contributed by atoms with Crippen molar-refractivity contribution in [1.82, 2.24) is 4.90 Å². The van der Waals surface area contributed by atoms with Gasteiger partial charge in [-0.25, -0.2) is 4.39 Å². The molecule has 0 bridgehead atoms. The van der Waals surface area contributed by atoms with E-state index in [-0.39, 0.29) is 11.9 Å². The number of halogens is 2. The highest BCUT2D eigenvalue weighted by Gasteiger charge is 2.18. The molecular formula is C12H15BrFNO. The summed E-state index contributed by atoms with van der Waals surface area (Å²) >= 11 is 3.36. The second-order valence-electron chi connectivity index (χ2n) is 4.27. The predicted molar refractivity (Wildman–Crippen MR) is 64.6 cm³/mol. The van der Waals surface area contributed by atoms with E-state index in [1.807, 2.05) is 0 Å². The van der Waals surface area contributed by atoms with Crippen LogP contribution in [0.25, 0.3) is 0 Å². The lowest BCUT2D eigenvalue weighted by molar-refractivity contribution is 0.0667. The van der Waals surface area contributed by atoms with Gasteiger partial charge < -0.3 is 5.11 Å². The number of likely N-dealkylation sites (tertiary alicyclic amines) is 1. The van der Waals surface area contributed by atoms with Crippen molar-refractivity contribution in [2.45, 2.75) is 25.5 Å². The van der Waals surface area contributed by atoms with Gasteiger partial charge >= 0.3 is 0 Å². The fraction of sp³-hybridized carbons (Fsp3) is 0.500. The molecule has 1 heterocycles. The van der Waals surface area contributed by atoms with E-state index in [1.165, 1.54) is 12.1 Å². The molecule has 1 aliphatic heterocycles. The smallest absolute Gasteiger partial charge is 0.124 e. The summed E-state index contributed by atoms with van der Waals surface area (Å²) in [7, 11) is 0. The predicted octanol–water partition coefficient (Wildman–Crippen LogP) is 2.54. The molecule has 1 saturated heterocycles. The van der Waals surface area contributed by atoms with Gasteiger partial charge in [-0.15, -0.1) is 0 Å². The Morgan fingerprint density at radius 1 is 1.50 bits per heavy atom. The maximum atomic E-state index is 12.9. The van der Waals surface area contributed by atoms with E-state index < -0.39 is 0 Å². The molecule has 1 atom stereocenters. The van der Waals surface area contributed by atoms with Crippen molar-refractivity contribution >= 4 is 15.9 Å². The number of nitrogens with zero attached hydrogens (tertiary/aromatic N) is 1. The lowest BCUT2D eigenvalue weighted by Crippen LogP contribution is -2.37. The summed E-state index contributed by atoms with van der Waals surface area (Å²) in [5.41, 5.74) is 1.07. The number of β-amino-alcohol motifs (C(OH)–C–C–N with tert-alkyl or cyclic N) is 1. The van der Waals surface area contributed by atoms with Gasteiger partial charge in [-0.1, -0.05) is 22.0 Å². The van der Waals surface area contributed by atoms with E-state index in [2.05, 4.69) is 20.8 Å². The first-order valence-electron chi connectivity index (χ1n) is 5.49. The number of hydrogen-bond donors (Lipinski definition) is 1. The quantitative estimate of drug-likeness (QED) is 0.904. The maximum Gasteiger partial charge on any atom is 0.124 e. The van der Waals surface area contributed by atoms with Crippen molar-refractivity contribution in [1.29, 1.82) is 0 Å². The molecule has 0 aromatic heterocycles. The van der Waals surface area contributed by atoms with Crippen molar-refractivity contribution < 1.29 is 9.50 Å². The summed E-state index contributed by atoms with van der Waals surface area (Å²) in [5.74, 6) is -0.227. The fourth-order valence-corrected chi connectivity index (χ4v) is 2.54. The molecule has 88 valence electrons. The standard InChI is InChI=1S/C12H15BrFNO/c13-12-6-10(14)4-3-9(12)7-15-5-1-2-11(16)8-15/h3-4,6,11,16H,1-2,5,7-8H2. The molecule has 0 amide bonds. The number of benzene rings is 1. The molecule has 1 N–H and O–H groups in total. The summed E-state index contributed by atoms with van der Waals surface area (Å²) in [5, 5.41) is 9.56. The molecule has 1 aromatic rings. The lowest BCUT2D eigenvalue weighted by atomic mass is 10.1. The van der Waals surface area contributed by atoms with Crippen LogP contribution in [0, 0.1) is 5.82 Å². The van der Waals surface area contributed by atoms with Crippen LogP contribution < -0.4 is 0 Å².